The number of carbonyl (C=O) groups is 1. The van der Waals surface area contributed by atoms with Crippen LogP contribution in [0.5, 0.6) is 0 Å². The van der Waals surface area contributed by atoms with Crippen molar-refractivity contribution in [3.63, 3.8) is 0 Å². The SMILES string of the molecule is [2H]C([2H])([2H])N(CC=CC(=O)O)C([2H])([2H])[2H]. The Balaban J connectivity index is 4.62. The molecule has 0 bridgehead atoms. The van der Waals surface area contributed by atoms with Crippen LogP contribution in [0.2, 0.25) is 0 Å². The first-order valence-electron chi connectivity index (χ1n) is 5.22. The van der Waals surface area contributed by atoms with Crippen LogP contribution < -0.4 is 0 Å². The molecule has 52 valence electrons. The fourth-order valence-electron chi connectivity index (χ4n) is 0.259. The number of aliphatic carboxylic acids is 1. The van der Waals surface area contributed by atoms with E-state index in [4.69, 9.17) is 13.3 Å². The smallest absolute Gasteiger partial charge is 0.328 e. The highest BCUT2D eigenvalue weighted by Gasteiger charge is 1.85. The molecule has 1 N–H and O–H groups in total. The standard InChI is InChI=1S/C6H11NO2/c1-7(2)5-3-4-6(8)9/h3-4H,5H2,1-2H3,(H,8,9)/i1D3,2D3. The maximum absolute atomic E-state index is 10.1. The lowest BCUT2D eigenvalue weighted by atomic mass is 10.5. The van der Waals surface area contributed by atoms with Crippen LogP contribution in [-0.2, 0) is 4.79 Å². The number of likely N-dealkylation sites (N-methyl/N-ethyl adjacent to an activating group) is 1. The van der Waals surface area contributed by atoms with Crippen LogP contribution in [0.1, 0.15) is 8.22 Å². The molecule has 0 amide bonds. The van der Waals surface area contributed by atoms with E-state index in [9.17, 15) is 4.79 Å². The molecule has 0 aliphatic rings. The molecule has 0 rings (SSSR count). The number of hydrogen-bond donors (Lipinski definition) is 1. The van der Waals surface area contributed by atoms with Gasteiger partial charge in [-0.3, -0.25) is 0 Å². The first-order valence-corrected chi connectivity index (χ1v) is 2.22. The largest absolute Gasteiger partial charge is 0.478 e. The lowest BCUT2D eigenvalue weighted by molar-refractivity contribution is -0.131. The molecule has 0 fully saturated rings. The van der Waals surface area contributed by atoms with Gasteiger partial charge in [0, 0.05) is 20.8 Å². The van der Waals surface area contributed by atoms with Gasteiger partial charge in [-0.1, -0.05) is 6.08 Å². The maximum Gasteiger partial charge on any atom is 0.328 e. The normalized spacial score (nSPS) is 23.7. The molecule has 3 nitrogen and oxygen atoms in total. The summed E-state index contributed by atoms with van der Waals surface area (Å²) in [6.07, 6.45) is 1.67. The van der Waals surface area contributed by atoms with Crippen molar-refractivity contribution in [2.24, 2.45) is 0 Å². The molecule has 0 unspecified atom stereocenters. The molecule has 0 spiro atoms. The molecule has 0 radical (unpaired) electrons. The van der Waals surface area contributed by atoms with Crippen LogP contribution in [-0.4, -0.2) is 36.5 Å². The highest BCUT2D eigenvalue weighted by molar-refractivity contribution is 5.79. The van der Waals surface area contributed by atoms with E-state index in [0.717, 1.165) is 6.08 Å². The van der Waals surface area contributed by atoms with Gasteiger partial charge in [-0.15, -0.1) is 0 Å². The molecule has 9 heavy (non-hydrogen) atoms. The first kappa shape index (κ1) is 2.42. The van der Waals surface area contributed by atoms with Gasteiger partial charge in [-0.25, -0.2) is 4.79 Å². The Kier molecular flexibility index (Phi) is 1.10. The molecule has 0 heterocycles. The van der Waals surface area contributed by atoms with Crippen molar-refractivity contribution in [1.82, 2.24) is 4.90 Å². The van der Waals surface area contributed by atoms with Crippen LogP contribution in [0.15, 0.2) is 12.2 Å². The van der Waals surface area contributed by atoms with Crippen molar-refractivity contribution in [1.29, 1.82) is 0 Å². The van der Waals surface area contributed by atoms with E-state index in [0.29, 0.717) is 6.08 Å². The summed E-state index contributed by atoms with van der Waals surface area (Å²) in [5, 5.41) is 8.25. The molecule has 0 saturated heterocycles. The summed E-state index contributed by atoms with van der Waals surface area (Å²) >= 11 is 0. The molecular formula is C6H11NO2. The third-order valence-electron chi connectivity index (χ3n) is 0.548. The molecule has 0 aromatic heterocycles. The average molecular weight is 135 g/mol. The van der Waals surface area contributed by atoms with Crippen LogP contribution in [0, 0.1) is 0 Å². The number of carboxylic acids is 1. The Morgan fingerprint density at radius 3 is 3.00 bits per heavy atom. The van der Waals surface area contributed by atoms with Gasteiger partial charge in [-0.2, -0.15) is 0 Å². The molecule has 0 aromatic carbocycles. The molecular weight excluding hydrogens is 118 g/mol. The zero-order chi connectivity index (χ0) is 12.3. The van der Waals surface area contributed by atoms with Gasteiger partial charge in [0.15, 0.2) is 0 Å². The lowest BCUT2D eigenvalue weighted by Crippen LogP contribution is -2.10. The molecule has 0 aliphatic heterocycles. The van der Waals surface area contributed by atoms with Gasteiger partial charge in [0.05, 0.1) is 0 Å². The monoisotopic (exact) mass is 135 g/mol. The second kappa shape index (κ2) is 4.09. The second-order valence-electron chi connectivity index (χ2n) is 1.35. The molecule has 0 aromatic rings. The van der Waals surface area contributed by atoms with Gasteiger partial charge in [0.1, 0.15) is 0 Å². The molecule has 0 saturated carbocycles. The fraction of sp³-hybridized carbons (Fsp3) is 0.500. The Morgan fingerprint density at radius 1 is 1.89 bits per heavy atom. The Morgan fingerprint density at radius 2 is 2.56 bits per heavy atom. The minimum absolute atomic E-state index is 0.263. The van der Waals surface area contributed by atoms with Gasteiger partial charge in [0.25, 0.3) is 0 Å². The highest BCUT2D eigenvalue weighted by atomic mass is 16.4. The number of hydrogen-bond acceptors (Lipinski definition) is 2. The summed E-state index contributed by atoms with van der Waals surface area (Å²) in [6.45, 7) is -6.04. The molecule has 3 heteroatoms. The van der Waals surface area contributed by atoms with Gasteiger partial charge >= 0.3 is 5.97 Å². The zero-order valence-corrected chi connectivity index (χ0v) is 4.66. The van der Waals surface area contributed by atoms with Gasteiger partial charge in [0.2, 0.25) is 0 Å². The fourth-order valence-corrected chi connectivity index (χ4v) is 0.259. The zero-order valence-electron chi connectivity index (χ0n) is 10.7. The third-order valence-corrected chi connectivity index (χ3v) is 0.548. The third kappa shape index (κ3) is 7.17. The van der Waals surface area contributed by atoms with Crippen LogP contribution in [0.25, 0.3) is 0 Å². The summed E-state index contributed by atoms with van der Waals surface area (Å²) in [5.74, 6) is -1.26. The predicted molar refractivity (Wildman–Crippen MR) is 35.3 cm³/mol. The lowest BCUT2D eigenvalue weighted by Gasteiger charge is -2.02. The minimum atomic E-state index is -2.78. The van der Waals surface area contributed by atoms with Crippen LogP contribution >= 0.6 is 0 Å². The van der Waals surface area contributed by atoms with Crippen molar-refractivity contribution in [3.8, 4) is 0 Å². The summed E-state index contributed by atoms with van der Waals surface area (Å²) in [6, 6.07) is 0. The van der Waals surface area contributed by atoms with Crippen LogP contribution in [0.4, 0.5) is 0 Å². The second-order valence-corrected chi connectivity index (χ2v) is 1.35. The van der Waals surface area contributed by atoms with Gasteiger partial charge in [-0.05, 0) is 14.0 Å². The van der Waals surface area contributed by atoms with Crippen molar-refractivity contribution in [2.45, 2.75) is 0 Å². The van der Waals surface area contributed by atoms with Crippen molar-refractivity contribution >= 4 is 5.97 Å². The van der Waals surface area contributed by atoms with Crippen molar-refractivity contribution in [3.05, 3.63) is 12.2 Å². The van der Waals surface area contributed by atoms with Crippen molar-refractivity contribution in [2.75, 3.05) is 20.5 Å². The van der Waals surface area contributed by atoms with E-state index >= 15 is 0 Å². The maximum atomic E-state index is 10.1. The quantitative estimate of drug-likeness (QED) is 0.561. The average Bonchev–Trinajstić information content (AvgIpc) is 1.92. The van der Waals surface area contributed by atoms with E-state index in [1.165, 1.54) is 0 Å². The van der Waals surface area contributed by atoms with E-state index in [1.54, 1.807) is 0 Å². The first-order chi connectivity index (χ1) is 6.55. The molecule has 0 aliphatic carbocycles. The summed E-state index contributed by atoms with van der Waals surface area (Å²) in [5.41, 5.74) is 0. The summed E-state index contributed by atoms with van der Waals surface area (Å²) < 4.78 is 41.7. The summed E-state index contributed by atoms with van der Waals surface area (Å²) in [7, 11) is 0. The van der Waals surface area contributed by atoms with Crippen molar-refractivity contribution < 1.29 is 18.1 Å². The van der Waals surface area contributed by atoms with E-state index in [2.05, 4.69) is 0 Å². The Bertz CT molecular complexity index is 241. The number of nitrogens with zero attached hydrogens (tertiary/aromatic N) is 1. The van der Waals surface area contributed by atoms with Gasteiger partial charge < -0.3 is 10.0 Å². The summed E-state index contributed by atoms with van der Waals surface area (Å²) in [4.78, 5) is 10.4. The predicted octanol–water partition coefficient (Wildman–Crippen LogP) is 0.189. The topological polar surface area (TPSA) is 40.5 Å². The van der Waals surface area contributed by atoms with E-state index in [-0.39, 0.29) is 4.90 Å². The molecule has 0 atom stereocenters. The van der Waals surface area contributed by atoms with E-state index in [1.807, 2.05) is 0 Å². The van der Waals surface area contributed by atoms with Crippen LogP contribution in [0.3, 0.4) is 0 Å². The number of rotatable bonds is 3. The van der Waals surface area contributed by atoms with E-state index < -0.39 is 26.5 Å². The Labute approximate surface area is 63.0 Å². The minimum Gasteiger partial charge on any atom is -0.478 e. The highest BCUT2D eigenvalue weighted by Crippen LogP contribution is 1.76. The number of carboxylic acid groups (broad SMARTS) is 1. The Hall–Kier alpha value is -0.830.